The largest absolute Gasteiger partial charge is 0.353 e. The van der Waals surface area contributed by atoms with Crippen molar-refractivity contribution in [3.63, 3.8) is 0 Å². The highest BCUT2D eigenvalue weighted by Gasteiger charge is 2.54. The summed E-state index contributed by atoms with van der Waals surface area (Å²) in [6.45, 7) is 5.48. The van der Waals surface area contributed by atoms with E-state index in [1.807, 2.05) is 4.90 Å². The summed E-state index contributed by atoms with van der Waals surface area (Å²) in [6, 6.07) is 4.27. The van der Waals surface area contributed by atoms with Crippen LogP contribution in [0.25, 0.3) is 0 Å². The molecule has 1 atom stereocenters. The molecular weight excluding hydrogens is 425 g/mol. The first kappa shape index (κ1) is 21.9. The predicted octanol–water partition coefficient (Wildman–Crippen LogP) is 3.51. The maximum atomic E-state index is 13.7. The van der Waals surface area contributed by atoms with Crippen LogP contribution in [0.5, 0.6) is 0 Å². The van der Waals surface area contributed by atoms with E-state index in [0.29, 0.717) is 34.6 Å². The van der Waals surface area contributed by atoms with E-state index in [9.17, 15) is 9.59 Å². The Morgan fingerprint density at radius 1 is 1.07 bits per heavy atom. The lowest BCUT2D eigenvalue weighted by Gasteiger charge is -2.44. The smallest absolute Gasteiger partial charge is 0.256 e. The minimum absolute atomic E-state index is 0.0213. The molecule has 2 saturated heterocycles. The van der Waals surface area contributed by atoms with Crippen LogP contribution in [0.3, 0.4) is 0 Å². The average molecular weight is 454 g/mol. The molecule has 164 valence electrons. The van der Waals surface area contributed by atoms with Crippen LogP contribution in [0.4, 0.5) is 0 Å². The lowest BCUT2D eigenvalue weighted by atomic mass is 9.83. The Hall–Kier alpha value is -1.34. The standard InChI is InChI=1S/C22H29Cl2N3O3/c1-15-5-7-22(8-6-15)27(20(28)16-3-4-17(23)18(24)13-16)19(14-30-22)21(29)26-11-9-25(2)10-12-26/h3-4,13,15,19H,5-12,14H2,1-2H3/t15?,19-,22?/m0/s1. The van der Waals surface area contributed by atoms with E-state index >= 15 is 0 Å². The van der Waals surface area contributed by atoms with Crippen molar-refractivity contribution < 1.29 is 14.3 Å². The second-order valence-electron chi connectivity index (χ2n) is 8.89. The number of benzene rings is 1. The quantitative estimate of drug-likeness (QED) is 0.687. The van der Waals surface area contributed by atoms with Gasteiger partial charge < -0.3 is 14.5 Å². The van der Waals surface area contributed by atoms with Crippen LogP contribution in [0, 0.1) is 5.92 Å². The van der Waals surface area contributed by atoms with Crippen molar-refractivity contribution in [3.05, 3.63) is 33.8 Å². The number of hydrogen-bond donors (Lipinski definition) is 0. The van der Waals surface area contributed by atoms with Crippen molar-refractivity contribution in [2.45, 2.75) is 44.4 Å². The first-order chi connectivity index (χ1) is 14.3. The van der Waals surface area contributed by atoms with Gasteiger partial charge in [0.05, 0.1) is 16.7 Å². The molecule has 1 aromatic rings. The molecule has 3 aliphatic rings. The highest BCUT2D eigenvalue weighted by Crippen LogP contribution is 2.43. The molecular formula is C22H29Cl2N3O3. The first-order valence-electron chi connectivity index (χ1n) is 10.7. The molecule has 2 heterocycles. The summed E-state index contributed by atoms with van der Waals surface area (Å²) >= 11 is 12.2. The van der Waals surface area contributed by atoms with Crippen molar-refractivity contribution >= 4 is 35.0 Å². The molecule has 1 aliphatic carbocycles. The van der Waals surface area contributed by atoms with Gasteiger partial charge in [0.1, 0.15) is 11.8 Å². The van der Waals surface area contributed by atoms with Gasteiger partial charge in [-0.2, -0.15) is 0 Å². The molecule has 2 aliphatic heterocycles. The van der Waals surface area contributed by atoms with Crippen LogP contribution < -0.4 is 0 Å². The minimum Gasteiger partial charge on any atom is -0.353 e. The van der Waals surface area contributed by atoms with Crippen molar-refractivity contribution in [2.75, 3.05) is 39.8 Å². The highest BCUT2D eigenvalue weighted by atomic mass is 35.5. The topological polar surface area (TPSA) is 53.1 Å². The van der Waals surface area contributed by atoms with Gasteiger partial charge >= 0.3 is 0 Å². The van der Waals surface area contributed by atoms with Gasteiger partial charge in [-0.15, -0.1) is 0 Å². The molecule has 3 fully saturated rings. The van der Waals surface area contributed by atoms with E-state index in [2.05, 4.69) is 18.9 Å². The van der Waals surface area contributed by atoms with Gasteiger partial charge in [0.2, 0.25) is 5.91 Å². The third-order valence-electron chi connectivity index (χ3n) is 6.80. The van der Waals surface area contributed by atoms with Crippen LogP contribution in [-0.2, 0) is 9.53 Å². The molecule has 1 aromatic carbocycles. The summed E-state index contributed by atoms with van der Waals surface area (Å²) in [5.41, 5.74) is -0.285. The van der Waals surface area contributed by atoms with Gasteiger partial charge in [0, 0.05) is 31.7 Å². The van der Waals surface area contributed by atoms with Crippen molar-refractivity contribution in [3.8, 4) is 0 Å². The van der Waals surface area contributed by atoms with Gasteiger partial charge in [0.15, 0.2) is 0 Å². The summed E-state index contributed by atoms with van der Waals surface area (Å²) in [7, 11) is 2.05. The summed E-state index contributed by atoms with van der Waals surface area (Å²) < 4.78 is 6.27. The summed E-state index contributed by atoms with van der Waals surface area (Å²) in [5.74, 6) is 0.355. The zero-order valence-electron chi connectivity index (χ0n) is 17.6. The maximum absolute atomic E-state index is 13.7. The fraction of sp³-hybridized carbons (Fsp3) is 0.636. The lowest BCUT2D eigenvalue weighted by molar-refractivity contribution is -0.139. The normalized spacial score (nSPS) is 30.1. The van der Waals surface area contributed by atoms with Crippen molar-refractivity contribution in [1.29, 1.82) is 0 Å². The van der Waals surface area contributed by atoms with Gasteiger partial charge in [-0.3, -0.25) is 14.5 Å². The summed E-state index contributed by atoms with van der Waals surface area (Å²) in [4.78, 5) is 32.9. The number of carbonyl (C=O) groups excluding carboxylic acids is 2. The van der Waals surface area contributed by atoms with E-state index in [0.717, 1.165) is 38.8 Å². The molecule has 2 amide bonds. The molecule has 8 heteroatoms. The minimum atomic E-state index is -0.720. The van der Waals surface area contributed by atoms with Crippen LogP contribution >= 0.6 is 23.2 Å². The molecule has 4 rings (SSSR count). The van der Waals surface area contributed by atoms with Gasteiger partial charge in [-0.25, -0.2) is 0 Å². The number of carbonyl (C=O) groups is 2. The number of ether oxygens (including phenoxy) is 1. The molecule has 0 N–H and O–H groups in total. The molecule has 6 nitrogen and oxygen atoms in total. The Kier molecular flexibility index (Phi) is 6.31. The fourth-order valence-electron chi connectivity index (χ4n) is 4.77. The van der Waals surface area contributed by atoms with Gasteiger partial charge in [0.25, 0.3) is 5.91 Å². The Morgan fingerprint density at radius 2 is 1.73 bits per heavy atom. The number of likely N-dealkylation sites (N-methyl/N-ethyl adjacent to an activating group) is 1. The Bertz CT molecular complexity index is 818. The van der Waals surface area contributed by atoms with Crippen molar-refractivity contribution in [2.24, 2.45) is 5.92 Å². The van der Waals surface area contributed by atoms with Gasteiger partial charge in [-0.05, 0) is 56.8 Å². The highest BCUT2D eigenvalue weighted by molar-refractivity contribution is 6.42. The van der Waals surface area contributed by atoms with E-state index in [1.165, 1.54) is 0 Å². The number of nitrogens with zero attached hydrogens (tertiary/aromatic N) is 3. The number of piperazine rings is 1. The molecule has 30 heavy (non-hydrogen) atoms. The third-order valence-corrected chi connectivity index (χ3v) is 7.54. The van der Waals surface area contributed by atoms with Crippen LogP contribution in [0.15, 0.2) is 18.2 Å². The van der Waals surface area contributed by atoms with E-state index in [-0.39, 0.29) is 18.4 Å². The monoisotopic (exact) mass is 453 g/mol. The molecule has 1 spiro atoms. The Balaban J connectivity index is 1.64. The summed E-state index contributed by atoms with van der Waals surface area (Å²) in [5, 5.41) is 0.730. The van der Waals surface area contributed by atoms with Crippen molar-refractivity contribution in [1.82, 2.24) is 14.7 Å². The molecule has 1 saturated carbocycles. The van der Waals surface area contributed by atoms with Crippen LogP contribution in [-0.4, -0.2) is 78.1 Å². The molecule has 0 radical (unpaired) electrons. The SMILES string of the molecule is CC1CCC2(CC1)OC[C@@H](C(=O)N1CCN(C)CC1)N2C(=O)c1ccc(Cl)c(Cl)c1. The Morgan fingerprint density at radius 3 is 2.37 bits per heavy atom. The second kappa shape index (κ2) is 8.65. The third kappa shape index (κ3) is 4.07. The predicted molar refractivity (Wildman–Crippen MR) is 117 cm³/mol. The molecule has 0 unspecified atom stereocenters. The number of halogens is 2. The van der Waals surface area contributed by atoms with Crippen LogP contribution in [0.2, 0.25) is 10.0 Å². The zero-order valence-corrected chi connectivity index (χ0v) is 19.1. The summed E-state index contributed by atoms with van der Waals surface area (Å²) in [6.07, 6.45) is 3.43. The fourth-order valence-corrected chi connectivity index (χ4v) is 5.07. The van der Waals surface area contributed by atoms with E-state index in [4.69, 9.17) is 27.9 Å². The van der Waals surface area contributed by atoms with Crippen LogP contribution in [0.1, 0.15) is 43.0 Å². The van der Waals surface area contributed by atoms with Gasteiger partial charge in [-0.1, -0.05) is 30.1 Å². The first-order valence-corrected chi connectivity index (χ1v) is 11.5. The number of amides is 2. The zero-order chi connectivity index (χ0) is 21.5. The average Bonchev–Trinajstić information content (AvgIpc) is 3.10. The van der Waals surface area contributed by atoms with E-state index < -0.39 is 11.8 Å². The van der Waals surface area contributed by atoms with E-state index in [1.54, 1.807) is 23.1 Å². The molecule has 0 bridgehead atoms. The number of hydrogen-bond acceptors (Lipinski definition) is 4. The second-order valence-corrected chi connectivity index (χ2v) is 9.70. The Labute approximate surface area is 188 Å². The maximum Gasteiger partial charge on any atom is 0.256 e. The lowest BCUT2D eigenvalue weighted by Crippen LogP contribution is -2.59. The number of rotatable bonds is 2. The molecule has 0 aromatic heterocycles.